The number of hydrogen-bond acceptors (Lipinski definition) is 10. The SMILES string of the molecule is COc1cc(Nc2nc3ccccc3nc2N(c2cccc(NC(=O)CNCc3ccccn3)c2)[SH](=O)=O)cc(OC)c1. The van der Waals surface area contributed by atoms with E-state index >= 15 is 0 Å². The topological polar surface area (TPSA) is 148 Å². The molecule has 0 saturated carbocycles. The molecule has 0 saturated heterocycles. The molecule has 43 heavy (non-hydrogen) atoms. The van der Waals surface area contributed by atoms with Crippen LogP contribution in [-0.4, -0.2) is 50.0 Å². The van der Waals surface area contributed by atoms with E-state index in [2.05, 4.69) is 25.9 Å². The van der Waals surface area contributed by atoms with Crippen LogP contribution in [0.15, 0.2) is 91.1 Å². The van der Waals surface area contributed by atoms with Gasteiger partial charge in [-0.2, -0.15) is 0 Å². The Morgan fingerprint density at radius 3 is 2.23 bits per heavy atom. The van der Waals surface area contributed by atoms with Crippen molar-refractivity contribution in [2.75, 3.05) is 35.7 Å². The Morgan fingerprint density at radius 2 is 1.56 bits per heavy atom. The first-order valence-electron chi connectivity index (χ1n) is 13.2. The molecular weight excluding hydrogens is 570 g/mol. The fourth-order valence-corrected chi connectivity index (χ4v) is 4.87. The number of carbonyl (C=O) groups excluding carboxylic acids is 1. The number of thiol groups is 1. The van der Waals surface area contributed by atoms with Crippen molar-refractivity contribution >= 4 is 56.5 Å². The summed E-state index contributed by atoms with van der Waals surface area (Å²) in [5.41, 5.74) is 3.07. The molecule has 2 aromatic heterocycles. The van der Waals surface area contributed by atoms with E-state index in [-0.39, 0.29) is 29.8 Å². The number of ether oxygens (including phenoxy) is 2. The van der Waals surface area contributed by atoms with Gasteiger partial charge in [-0.1, -0.05) is 24.3 Å². The molecule has 1 amide bonds. The quantitative estimate of drug-likeness (QED) is 0.154. The maximum atomic E-state index is 12.8. The van der Waals surface area contributed by atoms with Gasteiger partial charge in [-0.25, -0.2) is 22.7 Å². The average molecular weight is 600 g/mol. The average Bonchev–Trinajstić information content (AvgIpc) is 3.01. The van der Waals surface area contributed by atoms with Crippen molar-refractivity contribution < 1.29 is 22.7 Å². The van der Waals surface area contributed by atoms with Crippen LogP contribution in [0, 0.1) is 0 Å². The molecule has 0 radical (unpaired) electrons. The molecule has 0 fully saturated rings. The van der Waals surface area contributed by atoms with E-state index < -0.39 is 10.9 Å². The van der Waals surface area contributed by atoms with Gasteiger partial charge in [0.15, 0.2) is 11.6 Å². The normalized spacial score (nSPS) is 10.9. The molecule has 5 rings (SSSR count). The second-order valence-electron chi connectivity index (χ2n) is 9.18. The Kier molecular flexibility index (Phi) is 9.24. The van der Waals surface area contributed by atoms with Crippen LogP contribution in [0.5, 0.6) is 11.5 Å². The van der Waals surface area contributed by atoms with Crippen LogP contribution in [0.4, 0.5) is 28.7 Å². The van der Waals surface area contributed by atoms with E-state index in [0.717, 1.165) is 10.00 Å². The Morgan fingerprint density at radius 1 is 0.837 bits per heavy atom. The number of pyridine rings is 1. The van der Waals surface area contributed by atoms with Gasteiger partial charge < -0.3 is 25.4 Å². The summed E-state index contributed by atoms with van der Waals surface area (Å²) < 4.78 is 37.4. The highest BCUT2D eigenvalue weighted by atomic mass is 32.2. The summed E-state index contributed by atoms with van der Waals surface area (Å²) in [7, 11) is -0.172. The number of aromatic nitrogens is 3. The fraction of sp³-hybridized carbons (Fsp3) is 0.133. The summed E-state index contributed by atoms with van der Waals surface area (Å²) >= 11 is 0. The Balaban J connectivity index is 1.45. The van der Waals surface area contributed by atoms with Gasteiger partial charge in [0.05, 0.1) is 43.2 Å². The van der Waals surface area contributed by atoms with Gasteiger partial charge in [0.2, 0.25) is 16.8 Å². The molecule has 3 N–H and O–H groups in total. The summed E-state index contributed by atoms with van der Waals surface area (Å²) in [5, 5.41) is 9.02. The molecule has 5 aromatic rings. The van der Waals surface area contributed by atoms with Gasteiger partial charge in [0.1, 0.15) is 11.5 Å². The monoisotopic (exact) mass is 599 g/mol. The maximum Gasteiger partial charge on any atom is 0.238 e. The van der Waals surface area contributed by atoms with Gasteiger partial charge in [0.25, 0.3) is 0 Å². The molecular formula is C30H29N7O5S. The Hall–Kier alpha value is -5.27. The van der Waals surface area contributed by atoms with Gasteiger partial charge in [-0.3, -0.25) is 9.78 Å². The van der Waals surface area contributed by atoms with Crippen LogP contribution >= 0.6 is 0 Å². The number of benzene rings is 3. The summed E-state index contributed by atoms with van der Waals surface area (Å²) in [5.74, 6) is 0.980. The number of rotatable bonds is 12. The molecule has 220 valence electrons. The van der Waals surface area contributed by atoms with Gasteiger partial charge in [0, 0.05) is 42.3 Å². The number of fused-ring (bicyclic) bond motifs is 1. The van der Waals surface area contributed by atoms with Crippen LogP contribution in [0.1, 0.15) is 5.69 Å². The molecule has 0 aliphatic heterocycles. The number of para-hydroxylation sites is 2. The number of anilines is 5. The lowest BCUT2D eigenvalue weighted by molar-refractivity contribution is -0.115. The van der Waals surface area contributed by atoms with E-state index in [1.54, 1.807) is 66.9 Å². The minimum absolute atomic E-state index is 0.0363. The molecule has 0 aliphatic carbocycles. The van der Waals surface area contributed by atoms with E-state index in [1.165, 1.54) is 14.2 Å². The third kappa shape index (κ3) is 7.33. The van der Waals surface area contributed by atoms with E-state index in [0.29, 0.717) is 40.5 Å². The zero-order valence-electron chi connectivity index (χ0n) is 23.4. The highest BCUT2D eigenvalue weighted by molar-refractivity contribution is 7.74. The van der Waals surface area contributed by atoms with Crippen molar-refractivity contribution in [1.29, 1.82) is 0 Å². The zero-order valence-corrected chi connectivity index (χ0v) is 24.2. The lowest BCUT2D eigenvalue weighted by Crippen LogP contribution is -2.28. The molecule has 13 heteroatoms. The largest absolute Gasteiger partial charge is 0.497 e. The van der Waals surface area contributed by atoms with Crippen LogP contribution in [-0.2, 0) is 22.2 Å². The van der Waals surface area contributed by atoms with Crippen molar-refractivity contribution in [2.45, 2.75) is 6.54 Å². The van der Waals surface area contributed by atoms with Gasteiger partial charge in [-0.05, 0) is 42.5 Å². The van der Waals surface area contributed by atoms with Crippen LogP contribution in [0.2, 0.25) is 0 Å². The molecule has 12 nitrogen and oxygen atoms in total. The zero-order chi connectivity index (χ0) is 30.2. The second-order valence-corrected chi connectivity index (χ2v) is 10.1. The van der Waals surface area contributed by atoms with Crippen molar-refractivity contribution in [3.8, 4) is 11.5 Å². The van der Waals surface area contributed by atoms with E-state index in [9.17, 15) is 13.2 Å². The maximum absolute atomic E-state index is 12.8. The highest BCUT2D eigenvalue weighted by Gasteiger charge is 2.21. The van der Waals surface area contributed by atoms with Crippen molar-refractivity contribution in [3.63, 3.8) is 0 Å². The molecule has 0 aliphatic rings. The second kappa shape index (κ2) is 13.6. The summed E-state index contributed by atoms with van der Waals surface area (Å²) in [6, 6.07) is 24.3. The minimum atomic E-state index is -3.24. The number of methoxy groups -OCH3 is 2. The summed E-state index contributed by atoms with van der Waals surface area (Å²) in [6.45, 7) is 0.461. The lowest BCUT2D eigenvalue weighted by atomic mass is 10.2. The van der Waals surface area contributed by atoms with Crippen LogP contribution < -0.4 is 29.7 Å². The third-order valence-corrected chi connectivity index (χ3v) is 6.97. The van der Waals surface area contributed by atoms with E-state index in [4.69, 9.17) is 14.5 Å². The third-order valence-electron chi connectivity index (χ3n) is 6.22. The summed E-state index contributed by atoms with van der Waals surface area (Å²) in [6.07, 6.45) is 1.68. The predicted octanol–water partition coefficient (Wildman–Crippen LogP) is 4.18. The number of nitrogens with one attached hydrogen (secondary N) is 3. The Bertz CT molecular complexity index is 1790. The first-order chi connectivity index (χ1) is 20.9. The standard InChI is InChI=1S/C30H29N7O5S/c1-41-24-15-22(16-25(17-24)42-2)34-29-30(36-27-12-4-3-11-26(27)35-29)37(43(39)40)23-10-7-9-20(14-23)33-28(38)19-31-18-21-8-5-6-13-32-21/h3-17,31,43H,18-19H2,1-2H3,(H,33,38)(H,34,35). The summed E-state index contributed by atoms with van der Waals surface area (Å²) in [4.78, 5) is 26.2. The molecule has 0 atom stereocenters. The molecule has 0 bridgehead atoms. The van der Waals surface area contributed by atoms with Crippen molar-refractivity contribution in [3.05, 3.63) is 96.8 Å². The Labute approximate surface area is 249 Å². The molecule has 0 unspecified atom stereocenters. The molecule has 3 aromatic carbocycles. The van der Waals surface area contributed by atoms with Crippen molar-refractivity contribution in [2.24, 2.45) is 0 Å². The smallest absolute Gasteiger partial charge is 0.238 e. The van der Waals surface area contributed by atoms with Gasteiger partial charge in [-0.15, -0.1) is 0 Å². The lowest BCUT2D eigenvalue weighted by Gasteiger charge is -2.21. The number of carbonyl (C=O) groups is 1. The van der Waals surface area contributed by atoms with Crippen molar-refractivity contribution in [1.82, 2.24) is 20.3 Å². The van der Waals surface area contributed by atoms with Crippen LogP contribution in [0.3, 0.4) is 0 Å². The van der Waals surface area contributed by atoms with Crippen LogP contribution in [0.25, 0.3) is 11.0 Å². The van der Waals surface area contributed by atoms with E-state index in [1.807, 2.05) is 24.3 Å². The highest BCUT2D eigenvalue weighted by Crippen LogP contribution is 2.35. The number of hydrogen-bond donors (Lipinski definition) is 4. The fourth-order valence-electron chi connectivity index (χ4n) is 4.26. The molecule has 2 heterocycles. The number of amides is 1. The predicted molar refractivity (Wildman–Crippen MR) is 166 cm³/mol. The molecule has 0 spiro atoms. The van der Waals surface area contributed by atoms with Gasteiger partial charge >= 0.3 is 0 Å². The first-order valence-corrected chi connectivity index (χ1v) is 14.3. The first kappa shape index (κ1) is 29.2. The minimum Gasteiger partial charge on any atom is -0.497 e. The number of nitrogens with zero attached hydrogens (tertiary/aromatic N) is 4.